The molecule has 11 heteroatoms. The third kappa shape index (κ3) is 6.42. The highest BCUT2D eigenvalue weighted by Crippen LogP contribution is 2.72. The molecule has 264 valence electrons. The SMILES string of the molecule is CC[Si](CC)(CC)O[C@@H]1[C@H](CC=O)C[C@H](OC(=O)COS(=O)(=O)c2ccc(C)cc2)[C@]2(C)[C@H](C)CC[C@]3(CCC4(OCCO4)[C@H]32)[C@H]1C. The summed E-state index contributed by atoms with van der Waals surface area (Å²) in [6, 6.07) is 9.27. The Morgan fingerprint density at radius 1 is 1.02 bits per heavy atom. The molecule has 0 aromatic heterocycles. The number of carbonyl (C=O) groups excluding carboxylic acids is 2. The lowest BCUT2D eigenvalue weighted by molar-refractivity contribution is -0.280. The number of ether oxygens (including phenoxy) is 3. The Balaban J connectivity index is 1.55. The normalized spacial score (nSPS) is 35.2. The van der Waals surface area contributed by atoms with E-state index in [4.69, 9.17) is 22.8 Å². The first-order valence-electron chi connectivity index (χ1n) is 17.8. The highest BCUT2D eigenvalue weighted by atomic mass is 32.2. The van der Waals surface area contributed by atoms with Gasteiger partial charge in [0.05, 0.1) is 24.2 Å². The minimum absolute atomic E-state index is 0.0154. The van der Waals surface area contributed by atoms with Gasteiger partial charge in [-0.3, -0.25) is 4.18 Å². The Morgan fingerprint density at radius 2 is 1.66 bits per heavy atom. The Hall–Kier alpha value is -1.63. The van der Waals surface area contributed by atoms with E-state index in [9.17, 15) is 18.0 Å². The molecule has 1 aliphatic heterocycles. The highest BCUT2D eigenvalue weighted by molar-refractivity contribution is 7.86. The first-order valence-corrected chi connectivity index (χ1v) is 21.7. The van der Waals surface area contributed by atoms with Crippen LogP contribution in [0.25, 0.3) is 0 Å². The predicted molar refractivity (Wildman–Crippen MR) is 181 cm³/mol. The van der Waals surface area contributed by atoms with Gasteiger partial charge in [-0.25, -0.2) is 4.79 Å². The zero-order valence-electron chi connectivity index (χ0n) is 29.4. The third-order valence-corrected chi connectivity index (χ3v) is 19.1. The highest BCUT2D eigenvalue weighted by Gasteiger charge is 2.73. The third-order valence-electron chi connectivity index (χ3n) is 13.2. The number of aryl methyl sites for hydroxylation is 1. The number of hydrogen-bond acceptors (Lipinski definition) is 9. The quantitative estimate of drug-likeness (QED) is 0.101. The maximum absolute atomic E-state index is 13.7. The lowest BCUT2D eigenvalue weighted by atomic mass is 9.44. The summed E-state index contributed by atoms with van der Waals surface area (Å²) in [6.45, 7) is 15.6. The van der Waals surface area contributed by atoms with Crippen molar-refractivity contribution in [1.82, 2.24) is 0 Å². The summed E-state index contributed by atoms with van der Waals surface area (Å²) in [5.74, 6) is -1.50. The van der Waals surface area contributed by atoms with E-state index in [1.807, 2.05) is 6.92 Å². The van der Waals surface area contributed by atoms with E-state index >= 15 is 0 Å². The number of hydrogen-bond donors (Lipinski definition) is 0. The van der Waals surface area contributed by atoms with E-state index in [0.717, 1.165) is 55.7 Å². The summed E-state index contributed by atoms with van der Waals surface area (Å²) < 4.78 is 58.2. The maximum atomic E-state index is 13.7. The largest absolute Gasteiger partial charge is 0.460 e. The van der Waals surface area contributed by atoms with Gasteiger partial charge in [-0.1, -0.05) is 59.2 Å². The van der Waals surface area contributed by atoms with E-state index in [2.05, 4.69) is 41.5 Å². The zero-order valence-corrected chi connectivity index (χ0v) is 31.2. The molecule has 5 rings (SSSR count). The van der Waals surface area contributed by atoms with Crippen molar-refractivity contribution in [2.45, 2.75) is 128 Å². The van der Waals surface area contributed by atoms with Crippen molar-refractivity contribution in [2.75, 3.05) is 19.8 Å². The number of rotatable bonds is 12. The summed E-state index contributed by atoms with van der Waals surface area (Å²) >= 11 is 0. The van der Waals surface area contributed by atoms with Crippen LogP contribution in [0, 0.1) is 41.4 Å². The smallest absolute Gasteiger partial charge is 0.333 e. The molecule has 0 N–H and O–H groups in total. The number of carbonyl (C=O) groups is 2. The van der Waals surface area contributed by atoms with Gasteiger partial charge in [0, 0.05) is 24.2 Å². The molecule has 3 aliphatic carbocycles. The summed E-state index contributed by atoms with van der Waals surface area (Å²) in [6.07, 6.45) is 4.47. The van der Waals surface area contributed by atoms with E-state index in [1.165, 1.54) is 12.1 Å². The fourth-order valence-electron chi connectivity index (χ4n) is 10.1. The Bertz CT molecular complexity index is 1360. The van der Waals surface area contributed by atoms with Gasteiger partial charge >= 0.3 is 5.97 Å². The maximum Gasteiger partial charge on any atom is 0.333 e. The molecular weight excluding hydrogens is 637 g/mol. The fraction of sp³-hybridized carbons (Fsp3) is 0.778. The summed E-state index contributed by atoms with van der Waals surface area (Å²) in [5, 5.41) is 0. The van der Waals surface area contributed by atoms with Gasteiger partial charge in [0.25, 0.3) is 10.1 Å². The first-order chi connectivity index (χ1) is 22.3. The van der Waals surface area contributed by atoms with Crippen molar-refractivity contribution in [1.29, 1.82) is 0 Å². The second-order valence-corrected chi connectivity index (χ2v) is 21.3. The van der Waals surface area contributed by atoms with Crippen molar-refractivity contribution in [2.24, 2.45) is 34.5 Å². The monoisotopic (exact) mass is 692 g/mol. The minimum atomic E-state index is -4.17. The molecular formula is C36H56O9SSi. The summed E-state index contributed by atoms with van der Waals surface area (Å²) in [7, 11) is -6.28. The van der Waals surface area contributed by atoms with Gasteiger partial charge in [0.15, 0.2) is 20.7 Å². The number of aldehydes is 1. The van der Waals surface area contributed by atoms with E-state index in [0.29, 0.717) is 26.1 Å². The topological polar surface area (TPSA) is 114 Å². The van der Waals surface area contributed by atoms with Crippen molar-refractivity contribution in [3.05, 3.63) is 29.8 Å². The molecule has 47 heavy (non-hydrogen) atoms. The second-order valence-electron chi connectivity index (χ2n) is 15.0. The van der Waals surface area contributed by atoms with E-state index < -0.39 is 48.3 Å². The lowest BCUT2D eigenvalue weighted by Crippen LogP contribution is -2.65. The van der Waals surface area contributed by atoms with Crippen LogP contribution in [0.2, 0.25) is 18.1 Å². The van der Waals surface area contributed by atoms with Crippen LogP contribution in [0.5, 0.6) is 0 Å². The van der Waals surface area contributed by atoms with Crippen molar-refractivity contribution in [3.8, 4) is 0 Å². The fourth-order valence-corrected chi connectivity index (χ4v) is 13.9. The molecule has 4 fully saturated rings. The van der Waals surface area contributed by atoms with Gasteiger partial charge in [-0.05, 0) is 86.0 Å². The van der Waals surface area contributed by atoms with Crippen LogP contribution in [-0.2, 0) is 42.5 Å². The average Bonchev–Trinajstić information content (AvgIpc) is 3.67. The first kappa shape index (κ1) is 36.6. The molecule has 3 saturated carbocycles. The van der Waals surface area contributed by atoms with Crippen molar-refractivity contribution >= 4 is 30.7 Å². The lowest BCUT2D eigenvalue weighted by Gasteiger charge is -2.63. The average molecular weight is 693 g/mol. The zero-order chi connectivity index (χ0) is 34.3. The molecule has 0 radical (unpaired) electrons. The Labute approximate surface area is 283 Å². The predicted octanol–water partition coefficient (Wildman–Crippen LogP) is 6.82. The number of esters is 1. The standard InChI is InChI=1S/C36H56O9SSi/c1-8-47(9-2,10-3)45-32-27(6)35-17-15-26(5)34(7,33(35)36(19-18-35)41-21-22-42-36)30(23-28(32)16-20-37)44-31(38)24-43-46(39,40)29-13-11-25(4)12-14-29/h11-14,20,26-28,30,32-33H,8-10,15-19,21-24H2,1-7H3/t26-,27+,28-,30+,32+,33+,34+,35+/m1/s1. The molecule has 1 heterocycles. The van der Waals surface area contributed by atoms with Crippen LogP contribution in [0.4, 0.5) is 0 Å². The van der Waals surface area contributed by atoms with Crippen LogP contribution >= 0.6 is 0 Å². The molecule has 0 unspecified atom stereocenters. The summed E-state index contributed by atoms with van der Waals surface area (Å²) in [4.78, 5) is 26.0. The van der Waals surface area contributed by atoms with Crippen LogP contribution < -0.4 is 0 Å². The molecule has 8 atom stereocenters. The molecule has 0 amide bonds. The molecule has 1 aromatic rings. The Kier molecular flexibility index (Phi) is 10.9. The minimum Gasteiger partial charge on any atom is -0.460 e. The molecule has 4 aliphatic rings. The molecule has 1 saturated heterocycles. The van der Waals surface area contributed by atoms with E-state index in [1.54, 1.807) is 12.1 Å². The van der Waals surface area contributed by atoms with Gasteiger partial charge in [-0.15, -0.1) is 0 Å². The van der Waals surface area contributed by atoms with Crippen LogP contribution in [0.3, 0.4) is 0 Å². The van der Waals surface area contributed by atoms with Gasteiger partial charge in [0.2, 0.25) is 0 Å². The van der Waals surface area contributed by atoms with Crippen LogP contribution in [0.15, 0.2) is 29.2 Å². The second kappa shape index (κ2) is 13.9. The Morgan fingerprint density at radius 3 is 2.26 bits per heavy atom. The molecule has 1 aromatic carbocycles. The summed E-state index contributed by atoms with van der Waals surface area (Å²) in [5.41, 5.74) is 0.139. The van der Waals surface area contributed by atoms with Gasteiger partial charge < -0.3 is 23.4 Å². The van der Waals surface area contributed by atoms with Crippen LogP contribution in [-0.4, -0.2) is 66.8 Å². The number of benzene rings is 1. The molecule has 2 bridgehead atoms. The van der Waals surface area contributed by atoms with Crippen LogP contribution in [0.1, 0.15) is 85.6 Å². The van der Waals surface area contributed by atoms with Crippen molar-refractivity contribution < 1.29 is 40.8 Å². The molecule has 1 spiro atoms. The molecule has 9 nitrogen and oxygen atoms in total. The van der Waals surface area contributed by atoms with E-state index in [-0.39, 0.29) is 40.1 Å². The van der Waals surface area contributed by atoms with Gasteiger partial charge in [0.1, 0.15) is 12.4 Å². The van der Waals surface area contributed by atoms with Crippen molar-refractivity contribution in [3.63, 3.8) is 0 Å². The van der Waals surface area contributed by atoms with Gasteiger partial charge in [-0.2, -0.15) is 8.42 Å².